The van der Waals surface area contributed by atoms with Gasteiger partial charge in [0.05, 0.1) is 13.2 Å². The largest absolute Gasteiger partial charge is 0.379 e. The third-order valence-electron chi connectivity index (χ3n) is 4.15. The lowest BCUT2D eigenvalue weighted by Crippen LogP contribution is -2.36. The highest BCUT2D eigenvalue weighted by Gasteiger charge is 2.17. The predicted octanol–water partition coefficient (Wildman–Crippen LogP) is 3.06. The smallest absolute Gasteiger partial charge is 0.193 e. The Morgan fingerprint density at radius 1 is 1.00 bits per heavy atom. The maximum absolute atomic E-state index is 12.9. The monoisotopic (exact) mass is 295 g/mol. The van der Waals surface area contributed by atoms with E-state index >= 15 is 0 Å². The average molecular weight is 295 g/mol. The van der Waals surface area contributed by atoms with Gasteiger partial charge in [0.2, 0.25) is 0 Å². The van der Waals surface area contributed by atoms with Crippen LogP contribution in [0.5, 0.6) is 0 Å². The Balaban J connectivity index is 1.87. The van der Waals surface area contributed by atoms with Gasteiger partial charge in [-0.1, -0.05) is 48.5 Å². The number of ketones is 1. The molecule has 2 aromatic carbocycles. The molecule has 1 aliphatic rings. The molecule has 3 heteroatoms. The number of carbonyl (C=O) groups is 1. The van der Waals surface area contributed by atoms with Gasteiger partial charge in [0.1, 0.15) is 0 Å². The second-order valence-electron chi connectivity index (χ2n) is 5.69. The van der Waals surface area contributed by atoms with E-state index in [1.807, 2.05) is 49.4 Å². The molecule has 0 aromatic heterocycles. The van der Waals surface area contributed by atoms with Crippen molar-refractivity contribution < 1.29 is 9.53 Å². The molecule has 1 saturated heterocycles. The molecule has 1 aliphatic heterocycles. The zero-order valence-corrected chi connectivity index (χ0v) is 12.9. The van der Waals surface area contributed by atoms with Gasteiger partial charge in [-0.3, -0.25) is 9.69 Å². The summed E-state index contributed by atoms with van der Waals surface area (Å²) in [6, 6.07) is 15.7. The number of ether oxygens (including phenoxy) is 1. The molecule has 1 heterocycles. The number of hydrogen-bond donors (Lipinski definition) is 0. The Bertz CT molecular complexity index is 660. The minimum absolute atomic E-state index is 0.113. The van der Waals surface area contributed by atoms with Crippen LogP contribution in [0, 0.1) is 6.92 Å². The van der Waals surface area contributed by atoms with Crippen LogP contribution in [0.3, 0.4) is 0 Å². The summed E-state index contributed by atoms with van der Waals surface area (Å²) < 4.78 is 5.39. The third kappa shape index (κ3) is 3.26. The van der Waals surface area contributed by atoms with E-state index in [-0.39, 0.29) is 5.78 Å². The van der Waals surface area contributed by atoms with Gasteiger partial charge < -0.3 is 4.74 Å². The number of aryl methyl sites for hydroxylation is 1. The summed E-state index contributed by atoms with van der Waals surface area (Å²) in [5, 5.41) is 0. The van der Waals surface area contributed by atoms with Crippen molar-refractivity contribution in [3.8, 4) is 0 Å². The molecule has 0 radical (unpaired) electrons. The van der Waals surface area contributed by atoms with Crippen molar-refractivity contribution in [2.75, 3.05) is 26.3 Å². The molecule has 0 spiro atoms. The van der Waals surface area contributed by atoms with E-state index in [0.29, 0.717) is 0 Å². The predicted molar refractivity (Wildman–Crippen MR) is 87.1 cm³/mol. The second kappa shape index (κ2) is 6.86. The molecule has 0 N–H and O–H groups in total. The van der Waals surface area contributed by atoms with E-state index in [1.165, 1.54) is 0 Å². The van der Waals surface area contributed by atoms with E-state index < -0.39 is 0 Å². The molecule has 0 saturated carbocycles. The molecule has 0 amide bonds. The number of carbonyl (C=O) groups excluding carboxylic acids is 1. The van der Waals surface area contributed by atoms with Crippen molar-refractivity contribution in [1.29, 1.82) is 0 Å². The number of hydrogen-bond acceptors (Lipinski definition) is 3. The van der Waals surface area contributed by atoms with Crippen molar-refractivity contribution in [2.24, 2.45) is 0 Å². The maximum Gasteiger partial charge on any atom is 0.193 e. The SMILES string of the molecule is Cc1ccccc1C(=O)c1ccccc1CN1CCOCC1. The topological polar surface area (TPSA) is 29.5 Å². The molecule has 0 bridgehead atoms. The zero-order chi connectivity index (χ0) is 15.4. The molecular weight excluding hydrogens is 274 g/mol. The Morgan fingerprint density at radius 2 is 1.64 bits per heavy atom. The Kier molecular flexibility index (Phi) is 4.66. The second-order valence-corrected chi connectivity index (χ2v) is 5.69. The summed E-state index contributed by atoms with van der Waals surface area (Å²) >= 11 is 0. The number of nitrogens with zero attached hydrogens (tertiary/aromatic N) is 1. The van der Waals surface area contributed by atoms with Crippen molar-refractivity contribution in [3.05, 3.63) is 70.8 Å². The van der Waals surface area contributed by atoms with Crippen molar-refractivity contribution in [2.45, 2.75) is 13.5 Å². The van der Waals surface area contributed by atoms with E-state index in [0.717, 1.165) is 55.1 Å². The molecule has 22 heavy (non-hydrogen) atoms. The van der Waals surface area contributed by atoms with Crippen LogP contribution in [0.15, 0.2) is 48.5 Å². The third-order valence-corrected chi connectivity index (χ3v) is 4.15. The Morgan fingerprint density at radius 3 is 2.36 bits per heavy atom. The van der Waals surface area contributed by atoms with E-state index in [1.54, 1.807) is 0 Å². The summed E-state index contributed by atoms with van der Waals surface area (Å²) in [5.41, 5.74) is 3.71. The molecule has 0 unspecified atom stereocenters. The first-order valence-electron chi connectivity index (χ1n) is 7.74. The lowest BCUT2D eigenvalue weighted by molar-refractivity contribution is 0.0341. The van der Waals surface area contributed by atoms with Crippen LogP contribution in [-0.2, 0) is 11.3 Å². The highest BCUT2D eigenvalue weighted by molar-refractivity contribution is 6.10. The lowest BCUT2D eigenvalue weighted by Gasteiger charge is -2.27. The normalized spacial score (nSPS) is 15.7. The van der Waals surface area contributed by atoms with Gasteiger partial charge in [-0.05, 0) is 18.1 Å². The number of benzene rings is 2. The summed E-state index contributed by atoms with van der Waals surface area (Å²) in [4.78, 5) is 15.2. The van der Waals surface area contributed by atoms with Gasteiger partial charge in [-0.15, -0.1) is 0 Å². The molecule has 0 aliphatic carbocycles. The first-order chi connectivity index (χ1) is 10.8. The Labute approximate surface area is 131 Å². The van der Waals surface area contributed by atoms with Gasteiger partial charge in [0, 0.05) is 30.8 Å². The molecule has 2 aromatic rings. The minimum atomic E-state index is 0.113. The van der Waals surface area contributed by atoms with E-state index in [9.17, 15) is 4.79 Å². The minimum Gasteiger partial charge on any atom is -0.379 e. The van der Waals surface area contributed by atoms with E-state index in [2.05, 4.69) is 11.0 Å². The summed E-state index contributed by atoms with van der Waals surface area (Å²) in [6.07, 6.45) is 0. The fourth-order valence-electron chi connectivity index (χ4n) is 2.85. The molecule has 3 rings (SSSR count). The maximum atomic E-state index is 12.9. The van der Waals surface area contributed by atoms with Gasteiger partial charge in [-0.2, -0.15) is 0 Å². The molecular formula is C19H21NO2. The summed E-state index contributed by atoms with van der Waals surface area (Å²) in [5.74, 6) is 0.113. The van der Waals surface area contributed by atoms with Crippen LogP contribution >= 0.6 is 0 Å². The molecule has 114 valence electrons. The fraction of sp³-hybridized carbons (Fsp3) is 0.316. The van der Waals surface area contributed by atoms with E-state index in [4.69, 9.17) is 4.74 Å². The molecule has 3 nitrogen and oxygen atoms in total. The Hall–Kier alpha value is -1.97. The lowest BCUT2D eigenvalue weighted by atomic mass is 9.95. The van der Waals surface area contributed by atoms with Crippen LogP contribution in [0.4, 0.5) is 0 Å². The molecule has 0 atom stereocenters. The first kappa shape index (κ1) is 14.9. The van der Waals surface area contributed by atoms with Gasteiger partial charge in [-0.25, -0.2) is 0 Å². The fourth-order valence-corrected chi connectivity index (χ4v) is 2.85. The number of morpholine rings is 1. The van der Waals surface area contributed by atoms with Crippen LogP contribution < -0.4 is 0 Å². The quantitative estimate of drug-likeness (QED) is 0.812. The van der Waals surface area contributed by atoms with Gasteiger partial charge in [0.25, 0.3) is 0 Å². The van der Waals surface area contributed by atoms with Crippen LogP contribution in [0.25, 0.3) is 0 Å². The van der Waals surface area contributed by atoms with Crippen LogP contribution in [0.1, 0.15) is 27.0 Å². The van der Waals surface area contributed by atoms with Crippen molar-refractivity contribution >= 4 is 5.78 Å². The summed E-state index contributed by atoms with van der Waals surface area (Å²) in [6.45, 7) is 6.18. The highest BCUT2D eigenvalue weighted by atomic mass is 16.5. The molecule has 1 fully saturated rings. The standard InChI is InChI=1S/C19H21NO2/c1-15-6-2-4-8-17(15)19(21)18-9-5-3-7-16(18)14-20-10-12-22-13-11-20/h2-9H,10-14H2,1H3. The van der Waals surface area contributed by atoms with Crippen LogP contribution in [0.2, 0.25) is 0 Å². The average Bonchev–Trinajstić information content (AvgIpc) is 2.56. The van der Waals surface area contributed by atoms with Crippen molar-refractivity contribution in [3.63, 3.8) is 0 Å². The van der Waals surface area contributed by atoms with Gasteiger partial charge in [0.15, 0.2) is 5.78 Å². The zero-order valence-electron chi connectivity index (χ0n) is 12.9. The first-order valence-corrected chi connectivity index (χ1v) is 7.74. The van der Waals surface area contributed by atoms with Crippen LogP contribution in [-0.4, -0.2) is 37.0 Å². The van der Waals surface area contributed by atoms with Crippen molar-refractivity contribution in [1.82, 2.24) is 4.90 Å². The number of rotatable bonds is 4. The van der Waals surface area contributed by atoms with Gasteiger partial charge >= 0.3 is 0 Å². The summed E-state index contributed by atoms with van der Waals surface area (Å²) in [7, 11) is 0. The highest BCUT2D eigenvalue weighted by Crippen LogP contribution is 2.19.